The number of benzene rings is 3. The molecule has 1 aromatic heterocycles. The molecule has 4 nitrogen and oxygen atoms in total. The fourth-order valence-corrected chi connectivity index (χ4v) is 4.20. The zero-order valence-corrected chi connectivity index (χ0v) is 19.9. The minimum absolute atomic E-state index is 0.195. The molecule has 3 aromatic carbocycles. The smallest absolute Gasteiger partial charge is 0.268 e. The Balaban J connectivity index is 1.64. The number of aryl methyl sites for hydroxylation is 2. The van der Waals surface area contributed by atoms with Gasteiger partial charge in [-0.2, -0.15) is 0 Å². The van der Waals surface area contributed by atoms with Crippen molar-refractivity contribution in [3.63, 3.8) is 0 Å². The van der Waals surface area contributed by atoms with Crippen LogP contribution in [0.1, 0.15) is 43.5 Å². The predicted octanol–water partition coefficient (Wildman–Crippen LogP) is 6.04. The number of thiophene rings is 1. The molecule has 0 aliphatic heterocycles. The second kappa shape index (κ2) is 10.8. The van der Waals surface area contributed by atoms with Gasteiger partial charge in [-0.25, -0.2) is 0 Å². The lowest BCUT2D eigenvalue weighted by atomic mass is 9.97. The standard InChI is InChI=1S/C29H26N2O2S/c1-20-10-14-23(15-11-20)27(22-7-4-3-5-8-22)31-29(33)26(19-25-9-6-18-34-25)30-28(32)24-16-12-21(2)13-17-24/h3-19,27H,1-2H3,(H,30,32)(H,31,33)/b26-19-. The highest BCUT2D eigenvalue weighted by Gasteiger charge is 2.21. The maximum absolute atomic E-state index is 13.5. The van der Waals surface area contributed by atoms with E-state index >= 15 is 0 Å². The molecule has 4 aromatic rings. The minimum atomic E-state index is -0.364. The molecule has 170 valence electrons. The first-order valence-corrected chi connectivity index (χ1v) is 11.9. The third-order valence-electron chi connectivity index (χ3n) is 5.46. The largest absolute Gasteiger partial charge is 0.340 e. The Morgan fingerprint density at radius 1 is 0.765 bits per heavy atom. The van der Waals surface area contributed by atoms with Crippen molar-refractivity contribution in [2.45, 2.75) is 19.9 Å². The molecule has 0 saturated heterocycles. The average Bonchev–Trinajstić information content (AvgIpc) is 3.37. The van der Waals surface area contributed by atoms with Crippen LogP contribution in [0.5, 0.6) is 0 Å². The molecule has 1 atom stereocenters. The highest BCUT2D eigenvalue weighted by molar-refractivity contribution is 7.10. The molecule has 0 spiro atoms. The summed E-state index contributed by atoms with van der Waals surface area (Å²) in [5, 5.41) is 7.89. The fraction of sp³-hybridized carbons (Fsp3) is 0.103. The first-order chi connectivity index (χ1) is 16.5. The van der Waals surface area contributed by atoms with E-state index in [1.54, 1.807) is 18.2 Å². The number of rotatable bonds is 7. The van der Waals surface area contributed by atoms with Gasteiger partial charge in [0.05, 0.1) is 6.04 Å². The number of nitrogens with one attached hydrogen (secondary N) is 2. The van der Waals surface area contributed by atoms with Gasteiger partial charge in [-0.15, -0.1) is 11.3 Å². The third-order valence-corrected chi connectivity index (χ3v) is 6.27. The Kier molecular flexibility index (Phi) is 7.35. The molecule has 0 aliphatic rings. The van der Waals surface area contributed by atoms with Gasteiger partial charge in [0.25, 0.3) is 11.8 Å². The topological polar surface area (TPSA) is 58.2 Å². The van der Waals surface area contributed by atoms with Gasteiger partial charge in [-0.3, -0.25) is 9.59 Å². The molecule has 0 bridgehead atoms. The van der Waals surface area contributed by atoms with Crippen LogP contribution in [-0.2, 0) is 4.79 Å². The van der Waals surface area contributed by atoms with Crippen molar-refractivity contribution in [2.75, 3.05) is 0 Å². The summed E-state index contributed by atoms with van der Waals surface area (Å²) in [6, 6.07) is 28.6. The lowest BCUT2D eigenvalue weighted by molar-refractivity contribution is -0.118. The molecule has 0 saturated carbocycles. The number of hydrogen-bond acceptors (Lipinski definition) is 3. The fourth-order valence-electron chi connectivity index (χ4n) is 3.55. The van der Waals surface area contributed by atoms with Crippen molar-refractivity contribution in [2.24, 2.45) is 0 Å². The Morgan fingerprint density at radius 2 is 1.38 bits per heavy atom. The normalized spacial score (nSPS) is 12.1. The maximum Gasteiger partial charge on any atom is 0.268 e. The first kappa shape index (κ1) is 23.2. The monoisotopic (exact) mass is 466 g/mol. The average molecular weight is 467 g/mol. The van der Waals surface area contributed by atoms with E-state index < -0.39 is 0 Å². The van der Waals surface area contributed by atoms with Crippen LogP contribution >= 0.6 is 11.3 Å². The molecular formula is C29H26N2O2S. The van der Waals surface area contributed by atoms with E-state index in [4.69, 9.17) is 0 Å². The van der Waals surface area contributed by atoms with Crippen molar-refractivity contribution in [3.05, 3.63) is 135 Å². The maximum atomic E-state index is 13.5. The second-order valence-electron chi connectivity index (χ2n) is 8.12. The number of hydrogen-bond donors (Lipinski definition) is 2. The molecule has 1 unspecified atom stereocenters. The van der Waals surface area contributed by atoms with Gasteiger partial charge in [-0.05, 0) is 54.6 Å². The summed E-state index contributed by atoms with van der Waals surface area (Å²) in [6.45, 7) is 3.99. The Bertz CT molecular complexity index is 1280. The summed E-state index contributed by atoms with van der Waals surface area (Å²) in [5.74, 6) is -0.687. The van der Waals surface area contributed by atoms with E-state index in [0.29, 0.717) is 5.56 Å². The van der Waals surface area contributed by atoms with Crippen LogP contribution in [0.15, 0.2) is 102 Å². The van der Waals surface area contributed by atoms with Crippen molar-refractivity contribution >= 4 is 29.2 Å². The predicted molar refractivity (Wildman–Crippen MR) is 139 cm³/mol. The van der Waals surface area contributed by atoms with Crippen LogP contribution in [0.3, 0.4) is 0 Å². The number of carbonyl (C=O) groups is 2. The van der Waals surface area contributed by atoms with Crippen molar-refractivity contribution in [1.29, 1.82) is 0 Å². The zero-order valence-electron chi connectivity index (χ0n) is 19.1. The molecule has 0 fully saturated rings. The molecule has 34 heavy (non-hydrogen) atoms. The summed E-state index contributed by atoms with van der Waals surface area (Å²) >= 11 is 1.50. The summed E-state index contributed by atoms with van der Waals surface area (Å²) < 4.78 is 0. The molecule has 0 aliphatic carbocycles. The molecular weight excluding hydrogens is 440 g/mol. The molecule has 1 heterocycles. The van der Waals surface area contributed by atoms with Gasteiger partial charge in [-0.1, -0.05) is 83.9 Å². The van der Waals surface area contributed by atoms with Crippen molar-refractivity contribution in [1.82, 2.24) is 10.6 Å². The van der Waals surface area contributed by atoms with Gasteiger partial charge in [0.1, 0.15) is 5.70 Å². The Morgan fingerprint density at radius 3 is 2.00 bits per heavy atom. The summed E-state index contributed by atoms with van der Waals surface area (Å²) in [7, 11) is 0. The third kappa shape index (κ3) is 5.88. The van der Waals surface area contributed by atoms with E-state index in [2.05, 4.69) is 10.6 Å². The Hall–Kier alpha value is -3.96. The van der Waals surface area contributed by atoms with Crippen molar-refractivity contribution < 1.29 is 9.59 Å². The van der Waals surface area contributed by atoms with E-state index in [0.717, 1.165) is 27.1 Å². The van der Waals surface area contributed by atoms with E-state index in [-0.39, 0.29) is 23.6 Å². The van der Waals surface area contributed by atoms with Gasteiger partial charge >= 0.3 is 0 Å². The van der Waals surface area contributed by atoms with Crippen LogP contribution in [0.2, 0.25) is 0 Å². The molecule has 5 heteroatoms. The molecule has 2 N–H and O–H groups in total. The minimum Gasteiger partial charge on any atom is -0.340 e. The molecule has 0 radical (unpaired) electrons. The van der Waals surface area contributed by atoms with Crippen LogP contribution in [-0.4, -0.2) is 11.8 Å². The van der Waals surface area contributed by atoms with Crippen LogP contribution in [0, 0.1) is 13.8 Å². The first-order valence-electron chi connectivity index (χ1n) is 11.1. The molecule has 4 rings (SSSR count). The number of carbonyl (C=O) groups excluding carboxylic acids is 2. The summed E-state index contributed by atoms with van der Waals surface area (Å²) in [6.07, 6.45) is 1.71. The van der Waals surface area contributed by atoms with Crippen LogP contribution in [0.4, 0.5) is 0 Å². The van der Waals surface area contributed by atoms with E-state index in [1.165, 1.54) is 11.3 Å². The van der Waals surface area contributed by atoms with Crippen molar-refractivity contribution in [3.8, 4) is 0 Å². The van der Waals surface area contributed by atoms with Gasteiger partial charge in [0.2, 0.25) is 0 Å². The Labute approximate surface area is 204 Å². The van der Waals surface area contributed by atoms with Crippen LogP contribution in [0.25, 0.3) is 6.08 Å². The van der Waals surface area contributed by atoms with E-state index in [9.17, 15) is 9.59 Å². The van der Waals surface area contributed by atoms with Crippen LogP contribution < -0.4 is 10.6 Å². The lowest BCUT2D eigenvalue weighted by Gasteiger charge is -2.21. The zero-order chi connectivity index (χ0) is 23.9. The highest BCUT2D eigenvalue weighted by atomic mass is 32.1. The lowest BCUT2D eigenvalue weighted by Crippen LogP contribution is -2.37. The SMILES string of the molecule is Cc1ccc(C(=O)N/C(=C\c2cccs2)C(=O)NC(c2ccccc2)c2ccc(C)cc2)cc1. The van der Waals surface area contributed by atoms with Gasteiger partial charge in [0.15, 0.2) is 0 Å². The highest BCUT2D eigenvalue weighted by Crippen LogP contribution is 2.23. The van der Waals surface area contributed by atoms with E-state index in [1.807, 2.05) is 98.1 Å². The van der Waals surface area contributed by atoms with Gasteiger partial charge in [0, 0.05) is 10.4 Å². The van der Waals surface area contributed by atoms with Gasteiger partial charge < -0.3 is 10.6 Å². The number of amides is 2. The molecule has 2 amide bonds. The summed E-state index contributed by atoms with van der Waals surface area (Å²) in [5.41, 5.74) is 4.82. The quantitative estimate of drug-likeness (QED) is 0.326. The summed E-state index contributed by atoms with van der Waals surface area (Å²) in [4.78, 5) is 27.3. The second-order valence-corrected chi connectivity index (χ2v) is 9.10.